The number of amides is 1. The molecule has 7 heteroatoms. The van der Waals surface area contributed by atoms with Crippen molar-refractivity contribution in [3.8, 4) is 5.69 Å². The molecule has 2 aromatic heterocycles. The summed E-state index contributed by atoms with van der Waals surface area (Å²) in [5, 5.41) is 11.9. The van der Waals surface area contributed by atoms with Crippen molar-refractivity contribution in [2.45, 2.75) is 33.2 Å². The van der Waals surface area contributed by atoms with E-state index in [-0.39, 0.29) is 11.8 Å². The first kappa shape index (κ1) is 15.6. The highest BCUT2D eigenvalue weighted by atomic mass is 16.2. The minimum atomic E-state index is -0.118. The standard InChI is InChI=1S/C18H20N6O/c1-12-10-17(24(21-12)15-6-4-3-5-7-15)20-18(25)14-8-9-16-19-13(2)22-23(16)11-14/h3-7,10,14H,8-9,11H2,1-2H3,(H,20,25). The van der Waals surface area contributed by atoms with Gasteiger partial charge in [0.25, 0.3) is 0 Å². The average Bonchev–Trinajstić information content (AvgIpc) is 3.16. The van der Waals surface area contributed by atoms with Gasteiger partial charge < -0.3 is 5.32 Å². The molecular formula is C18H20N6O. The molecule has 1 aliphatic rings. The van der Waals surface area contributed by atoms with Crippen LogP contribution in [0.25, 0.3) is 5.69 Å². The minimum Gasteiger partial charge on any atom is -0.310 e. The van der Waals surface area contributed by atoms with E-state index < -0.39 is 0 Å². The Kier molecular flexibility index (Phi) is 3.83. The molecule has 3 aromatic rings. The van der Waals surface area contributed by atoms with Crippen LogP contribution in [-0.2, 0) is 17.8 Å². The van der Waals surface area contributed by atoms with E-state index in [4.69, 9.17) is 0 Å². The van der Waals surface area contributed by atoms with Gasteiger partial charge in [0.1, 0.15) is 17.5 Å². The Morgan fingerprint density at radius 2 is 2.00 bits per heavy atom. The highest BCUT2D eigenvalue weighted by molar-refractivity contribution is 5.92. The van der Waals surface area contributed by atoms with Crippen LogP contribution in [0.5, 0.6) is 0 Å². The highest BCUT2D eigenvalue weighted by Crippen LogP contribution is 2.22. The lowest BCUT2D eigenvalue weighted by atomic mass is 9.99. The van der Waals surface area contributed by atoms with Crippen LogP contribution in [0.2, 0.25) is 0 Å². The highest BCUT2D eigenvalue weighted by Gasteiger charge is 2.27. The van der Waals surface area contributed by atoms with Crippen LogP contribution in [0.4, 0.5) is 5.82 Å². The van der Waals surface area contributed by atoms with Crippen molar-refractivity contribution >= 4 is 11.7 Å². The quantitative estimate of drug-likeness (QED) is 0.796. The van der Waals surface area contributed by atoms with Crippen LogP contribution < -0.4 is 5.32 Å². The molecule has 0 saturated heterocycles. The molecule has 0 saturated carbocycles. The van der Waals surface area contributed by atoms with Crippen LogP contribution in [0, 0.1) is 19.8 Å². The largest absolute Gasteiger partial charge is 0.310 e. The number of hydrogen-bond donors (Lipinski definition) is 1. The first-order valence-corrected chi connectivity index (χ1v) is 8.43. The summed E-state index contributed by atoms with van der Waals surface area (Å²) in [7, 11) is 0. The Morgan fingerprint density at radius 1 is 1.20 bits per heavy atom. The number of carbonyl (C=O) groups is 1. The van der Waals surface area contributed by atoms with E-state index in [9.17, 15) is 4.79 Å². The lowest BCUT2D eigenvalue weighted by Crippen LogP contribution is -2.32. The zero-order chi connectivity index (χ0) is 17.4. The molecule has 0 fully saturated rings. The SMILES string of the molecule is Cc1cc(NC(=O)C2CCc3nc(C)nn3C2)n(-c2ccccc2)n1. The molecule has 25 heavy (non-hydrogen) atoms. The van der Waals surface area contributed by atoms with Crippen LogP contribution in [-0.4, -0.2) is 30.5 Å². The van der Waals surface area contributed by atoms with E-state index in [1.54, 1.807) is 4.68 Å². The summed E-state index contributed by atoms with van der Waals surface area (Å²) in [5.74, 6) is 2.29. The number of anilines is 1. The number of benzene rings is 1. The molecule has 7 nitrogen and oxygen atoms in total. The van der Waals surface area contributed by atoms with Gasteiger partial charge in [-0.25, -0.2) is 14.3 Å². The van der Waals surface area contributed by atoms with Gasteiger partial charge in [-0.15, -0.1) is 0 Å². The smallest absolute Gasteiger partial charge is 0.230 e. The summed E-state index contributed by atoms with van der Waals surface area (Å²) in [5.41, 5.74) is 1.78. The fraction of sp³-hybridized carbons (Fsp3) is 0.333. The van der Waals surface area contributed by atoms with Gasteiger partial charge in [-0.1, -0.05) is 18.2 Å². The van der Waals surface area contributed by atoms with Gasteiger partial charge >= 0.3 is 0 Å². The van der Waals surface area contributed by atoms with Crippen LogP contribution in [0.15, 0.2) is 36.4 Å². The number of nitrogens with one attached hydrogen (secondary N) is 1. The Hall–Kier alpha value is -2.96. The topological polar surface area (TPSA) is 77.6 Å². The molecular weight excluding hydrogens is 316 g/mol. The molecule has 1 atom stereocenters. The summed E-state index contributed by atoms with van der Waals surface area (Å²) >= 11 is 0. The molecule has 0 radical (unpaired) electrons. The normalized spacial score (nSPS) is 16.5. The first-order chi connectivity index (χ1) is 12.1. The second kappa shape index (κ2) is 6.16. The molecule has 1 unspecified atom stereocenters. The number of carbonyl (C=O) groups excluding carboxylic acids is 1. The van der Waals surface area contributed by atoms with Crippen molar-refractivity contribution in [1.29, 1.82) is 0 Å². The second-order valence-electron chi connectivity index (χ2n) is 6.40. The first-order valence-electron chi connectivity index (χ1n) is 8.43. The van der Waals surface area contributed by atoms with E-state index in [0.29, 0.717) is 12.4 Å². The fourth-order valence-corrected chi connectivity index (χ4v) is 3.23. The monoisotopic (exact) mass is 336 g/mol. The number of para-hydroxylation sites is 1. The summed E-state index contributed by atoms with van der Waals surface area (Å²) in [6.07, 6.45) is 1.55. The number of aryl methyl sites for hydroxylation is 3. The fourth-order valence-electron chi connectivity index (χ4n) is 3.23. The van der Waals surface area contributed by atoms with Gasteiger partial charge in [0.15, 0.2) is 0 Å². The molecule has 128 valence electrons. The molecule has 1 amide bonds. The molecule has 3 heterocycles. The third-order valence-electron chi connectivity index (χ3n) is 4.42. The zero-order valence-corrected chi connectivity index (χ0v) is 14.3. The van der Waals surface area contributed by atoms with E-state index in [0.717, 1.165) is 35.9 Å². The van der Waals surface area contributed by atoms with Crippen LogP contribution in [0.1, 0.15) is 23.8 Å². The lowest BCUT2D eigenvalue weighted by molar-refractivity contribution is -0.120. The molecule has 1 N–H and O–H groups in total. The third-order valence-corrected chi connectivity index (χ3v) is 4.42. The van der Waals surface area contributed by atoms with Crippen molar-refractivity contribution in [2.75, 3.05) is 5.32 Å². The minimum absolute atomic E-state index is 0.00381. The number of aromatic nitrogens is 5. The summed E-state index contributed by atoms with van der Waals surface area (Å²) in [6, 6.07) is 11.7. The number of fused-ring (bicyclic) bond motifs is 1. The van der Waals surface area contributed by atoms with Crippen molar-refractivity contribution in [1.82, 2.24) is 24.5 Å². The predicted octanol–water partition coefficient (Wildman–Crippen LogP) is 2.28. The van der Waals surface area contributed by atoms with Crippen molar-refractivity contribution in [3.05, 3.63) is 53.7 Å². The Labute approximate surface area is 145 Å². The van der Waals surface area contributed by atoms with Crippen LogP contribution in [0.3, 0.4) is 0 Å². The van der Waals surface area contributed by atoms with E-state index in [2.05, 4.69) is 20.5 Å². The predicted molar refractivity (Wildman–Crippen MR) is 93.5 cm³/mol. The molecule has 1 aromatic carbocycles. The van der Waals surface area contributed by atoms with E-state index >= 15 is 0 Å². The van der Waals surface area contributed by atoms with Gasteiger partial charge in [0.05, 0.1) is 23.8 Å². The average molecular weight is 336 g/mol. The van der Waals surface area contributed by atoms with Gasteiger partial charge in [-0.2, -0.15) is 10.2 Å². The number of hydrogen-bond acceptors (Lipinski definition) is 4. The summed E-state index contributed by atoms with van der Waals surface area (Å²) < 4.78 is 3.62. The number of rotatable bonds is 3. The van der Waals surface area contributed by atoms with Crippen molar-refractivity contribution < 1.29 is 4.79 Å². The second-order valence-corrected chi connectivity index (χ2v) is 6.40. The van der Waals surface area contributed by atoms with Crippen LogP contribution >= 0.6 is 0 Å². The summed E-state index contributed by atoms with van der Waals surface area (Å²) in [4.78, 5) is 17.2. The van der Waals surface area contributed by atoms with Crippen molar-refractivity contribution in [3.63, 3.8) is 0 Å². The molecule has 4 rings (SSSR count). The zero-order valence-electron chi connectivity index (χ0n) is 14.3. The maximum absolute atomic E-state index is 12.8. The van der Waals surface area contributed by atoms with E-state index in [1.165, 1.54) is 0 Å². The maximum Gasteiger partial charge on any atom is 0.230 e. The van der Waals surface area contributed by atoms with Gasteiger partial charge in [-0.05, 0) is 32.4 Å². The lowest BCUT2D eigenvalue weighted by Gasteiger charge is -2.21. The molecule has 1 aliphatic heterocycles. The van der Waals surface area contributed by atoms with Gasteiger partial charge in [0, 0.05) is 12.5 Å². The molecule has 0 spiro atoms. The summed E-state index contributed by atoms with van der Waals surface area (Å²) in [6.45, 7) is 4.36. The van der Waals surface area contributed by atoms with Gasteiger partial charge in [0.2, 0.25) is 5.91 Å². The third kappa shape index (κ3) is 3.05. The van der Waals surface area contributed by atoms with Crippen molar-refractivity contribution in [2.24, 2.45) is 5.92 Å². The molecule has 0 bridgehead atoms. The van der Waals surface area contributed by atoms with E-state index in [1.807, 2.05) is 54.9 Å². The Morgan fingerprint density at radius 3 is 2.80 bits per heavy atom. The maximum atomic E-state index is 12.8. The number of nitrogens with zero attached hydrogens (tertiary/aromatic N) is 5. The Bertz CT molecular complexity index is 911. The molecule has 0 aliphatic carbocycles. The van der Waals surface area contributed by atoms with Gasteiger partial charge in [-0.3, -0.25) is 4.79 Å². The Balaban J connectivity index is 1.54.